The van der Waals surface area contributed by atoms with Crippen molar-refractivity contribution in [3.8, 4) is 0 Å². The minimum atomic E-state index is 0.0907. The lowest BCUT2D eigenvalue weighted by molar-refractivity contribution is -0.128. The number of amides is 1. The van der Waals surface area contributed by atoms with Crippen LogP contribution in [0.25, 0.3) is 0 Å². The molecule has 1 heterocycles. The van der Waals surface area contributed by atoms with Crippen LogP contribution in [0.4, 0.5) is 0 Å². The number of hydrogen-bond acceptors (Lipinski definition) is 2. The number of hydrogen-bond donors (Lipinski definition) is 0. The minimum absolute atomic E-state index is 0.0907. The van der Waals surface area contributed by atoms with E-state index in [0.29, 0.717) is 13.1 Å². The van der Waals surface area contributed by atoms with Crippen LogP contribution in [0, 0.1) is 0 Å². The topological polar surface area (TPSA) is 33.2 Å². The standard InChI is InChI=1S/C23H34N2O/c1-19(2)9-6-10-20(3)11-7-12-21(4)14-16-25(22(5)26)18-23-13-8-15-24-17-23/h8-9,11,13-15,17H,6-7,10,12,16,18H2,1-5H3/b20-11+,21-14+. The molecule has 0 fully saturated rings. The maximum Gasteiger partial charge on any atom is 0.220 e. The smallest absolute Gasteiger partial charge is 0.220 e. The molecule has 0 bridgehead atoms. The molecule has 0 radical (unpaired) electrons. The molecule has 26 heavy (non-hydrogen) atoms. The van der Waals surface area contributed by atoms with Gasteiger partial charge in [-0.25, -0.2) is 0 Å². The van der Waals surface area contributed by atoms with Gasteiger partial charge in [-0.3, -0.25) is 9.78 Å². The first kappa shape index (κ1) is 21.9. The van der Waals surface area contributed by atoms with Gasteiger partial charge in [0, 0.05) is 32.4 Å². The molecular weight excluding hydrogens is 320 g/mol. The van der Waals surface area contributed by atoms with E-state index >= 15 is 0 Å². The third kappa shape index (κ3) is 9.97. The molecule has 0 aliphatic carbocycles. The monoisotopic (exact) mass is 354 g/mol. The number of allylic oxidation sites excluding steroid dienone is 5. The maximum atomic E-state index is 11.9. The van der Waals surface area contributed by atoms with Crippen molar-refractivity contribution >= 4 is 5.91 Å². The van der Waals surface area contributed by atoms with Gasteiger partial charge in [0.15, 0.2) is 0 Å². The molecule has 1 aromatic rings. The van der Waals surface area contributed by atoms with Gasteiger partial charge in [-0.2, -0.15) is 0 Å². The molecule has 0 aliphatic heterocycles. The van der Waals surface area contributed by atoms with E-state index in [2.05, 4.69) is 50.9 Å². The highest BCUT2D eigenvalue weighted by Gasteiger charge is 2.08. The highest BCUT2D eigenvalue weighted by molar-refractivity contribution is 5.73. The Morgan fingerprint density at radius 3 is 2.23 bits per heavy atom. The molecule has 1 rings (SSSR count). The van der Waals surface area contributed by atoms with Crippen molar-refractivity contribution in [3.05, 3.63) is 65.0 Å². The Labute approximate surface area is 159 Å². The van der Waals surface area contributed by atoms with Crippen molar-refractivity contribution in [2.24, 2.45) is 0 Å². The van der Waals surface area contributed by atoms with E-state index in [1.165, 1.54) is 16.7 Å². The summed E-state index contributed by atoms with van der Waals surface area (Å²) in [4.78, 5) is 17.8. The second kappa shape index (κ2) is 12.2. The number of carbonyl (C=O) groups excluding carboxylic acids is 1. The van der Waals surface area contributed by atoms with Crippen molar-refractivity contribution in [2.45, 2.75) is 66.8 Å². The van der Waals surface area contributed by atoms with E-state index in [-0.39, 0.29) is 5.91 Å². The summed E-state index contributed by atoms with van der Waals surface area (Å²) in [5.41, 5.74) is 5.23. The van der Waals surface area contributed by atoms with Crippen LogP contribution in [0.5, 0.6) is 0 Å². The van der Waals surface area contributed by atoms with E-state index in [1.54, 1.807) is 13.1 Å². The molecule has 0 aromatic carbocycles. The van der Waals surface area contributed by atoms with Crippen LogP contribution in [0.2, 0.25) is 0 Å². The van der Waals surface area contributed by atoms with Gasteiger partial charge in [0.05, 0.1) is 0 Å². The van der Waals surface area contributed by atoms with E-state index < -0.39 is 0 Å². The van der Waals surface area contributed by atoms with Gasteiger partial charge >= 0.3 is 0 Å². The zero-order valence-electron chi connectivity index (χ0n) is 17.1. The normalized spacial score (nSPS) is 12.0. The first-order valence-corrected chi connectivity index (χ1v) is 9.47. The fourth-order valence-electron chi connectivity index (χ4n) is 2.62. The van der Waals surface area contributed by atoms with Crippen molar-refractivity contribution in [3.63, 3.8) is 0 Å². The average molecular weight is 355 g/mol. The number of carbonyl (C=O) groups is 1. The van der Waals surface area contributed by atoms with Crippen molar-refractivity contribution in [1.82, 2.24) is 9.88 Å². The minimum Gasteiger partial charge on any atom is -0.335 e. The van der Waals surface area contributed by atoms with Crippen LogP contribution in [0.15, 0.2) is 59.5 Å². The van der Waals surface area contributed by atoms with Crippen molar-refractivity contribution < 1.29 is 4.79 Å². The van der Waals surface area contributed by atoms with E-state index in [1.807, 2.05) is 23.2 Å². The predicted octanol–water partition coefficient (Wildman–Crippen LogP) is 5.85. The summed E-state index contributed by atoms with van der Waals surface area (Å²) in [6.07, 6.45) is 14.7. The van der Waals surface area contributed by atoms with Gasteiger partial charge in [-0.1, -0.05) is 41.0 Å². The Morgan fingerprint density at radius 1 is 1.00 bits per heavy atom. The molecule has 3 heteroatoms. The van der Waals surface area contributed by atoms with Crippen LogP contribution < -0.4 is 0 Å². The van der Waals surface area contributed by atoms with Crippen molar-refractivity contribution in [1.29, 1.82) is 0 Å². The van der Waals surface area contributed by atoms with Crippen molar-refractivity contribution in [2.75, 3.05) is 6.54 Å². The summed E-state index contributed by atoms with van der Waals surface area (Å²) in [6.45, 7) is 11.5. The number of pyridine rings is 1. The molecule has 0 spiro atoms. The van der Waals surface area contributed by atoms with Gasteiger partial charge in [-0.05, 0) is 65.0 Å². The lowest BCUT2D eigenvalue weighted by Gasteiger charge is -2.19. The quantitative estimate of drug-likeness (QED) is 0.494. The number of aromatic nitrogens is 1. The van der Waals surface area contributed by atoms with Crippen LogP contribution in [-0.2, 0) is 11.3 Å². The third-order valence-corrected chi connectivity index (χ3v) is 4.32. The van der Waals surface area contributed by atoms with Crippen LogP contribution >= 0.6 is 0 Å². The summed E-state index contributed by atoms with van der Waals surface area (Å²) >= 11 is 0. The molecule has 142 valence electrons. The summed E-state index contributed by atoms with van der Waals surface area (Å²) in [5.74, 6) is 0.0907. The molecule has 0 aliphatic rings. The van der Waals surface area contributed by atoms with E-state index in [0.717, 1.165) is 31.2 Å². The second-order valence-corrected chi connectivity index (χ2v) is 7.22. The average Bonchev–Trinajstić information content (AvgIpc) is 2.59. The molecule has 1 aromatic heterocycles. The molecule has 0 unspecified atom stereocenters. The predicted molar refractivity (Wildman–Crippen MR) is 111 cm³/mol. The highest BCUT2D eigenvalue weighted by Crippen LogP contribution is 2.12. The van der Waals surface area contributed by atoms with Gasteiger partial charge in [0.1, 0.15) is 0 Å². The summed E-state index contributed by atoms with van der Waals surface area (Å²) in [7, 11) is 0. The van der Waals surface area contributed by atoms with Crippen LogP contribution in [-0.4, -0.2) is 22.3 Å². The third-order valence-electron chi connectivity index (χ3n) is 4.32. The van der Waals surface area contributed by atoms with Crippen LogP contribution in [0.3, 0.4) is 0 Å². The highest BCUT2D eigenvalue weighted by atomic mass is 16.2. The van der Waals surface area contributed by atoms with Gasteiger partial charge in [0.25, 0.3) is 0 Å². The summed E-state index contributed by atoms with van der Waals surface area (Å²) in [6, 6.07) is 3.91. The Bertz CT molecular complexity index is 637. The van der Waals surface area contributed by atoms with Crippen LogP contribution in [0.1, 0.15) is 65.9 Å². The second-order valence-electron chi connectivity index (χ2n) is 7.22. The molecule has 1 amide bonds. The molecule has 0 N–H and O–H groups in total. The molecule has 0 saturated carbocycles. The largest absolute Gasteiger partial charge is 0.335 e. The Balaban J connectivity index is 2.44. The first-order chi connectivity index (χ1) is 12.4. The van der Waals surface area contributed by atoms with Gasteiger partial charge in [0.2, 0.25) is 5.91 Å². The van der Waals surface area contributed by atoms with E-state index in [4.69, 9.17) is 0 Å². The lowest BCUT2D eigenvalue weighted by Crippen LogP contribution is -2.28. The molecular formula is C23H34N2O. The first-order valence-electron chi connectivity index (χ1n) is 9.47. The van der Waals surface area contributed by atoms with Gasteiger partial charge < -0.3 is 4.90 Å². The number of nitrogens with zero attached hydrogens (tertiary/aromatic N) is 2. The zero-order chi connectivity index (χ0) is 19.4. The SMILES string of the molecule is CC(=O)N(C/C=C(\C)CC/C=C(\C)CCC=C(C)C)Cc1cccnc1. The molecule has 0 saturated heterocycles. The number of rotatable bonds is 10. The zero-order valence-corrected chi connectivity index (χ0v) is 17.1. The fourth-order valence-corrected chi connectivity index (χ4v) is 2.62. The Hall–Kier alpha value is -2.16. The maximum absolute atomic E-state index is 11.9. The summed E-state index contributed by atoms with van der Waals surface area (Å²) in [5, 5.41) is 0. The Kier molecular flexibility index (Phi) is 10.3. The fraction of sp³-hybridized carbons (Fsp3) is 0.478. The van der Waals surface area contributed by atoms with Gasteiger partial charge in [-0.15, -0.1) is 0 Å². The summed E-state index contributed by atoms with van der Waals surface area (Å²) < 4.78 is 0. The Morgan fingerprint density at radius 2 is 1.65 bits per heavy atom. The lowest BCUT2D eigenvalue weighted by atomic mass is 10.1. The van der Waals surface area contributed by atoms with E-state index in [9.17, 15) is 4.79 Å². The molecule has 0 atom stereocenters. The molecule has 3 nitrogen and oxygen atoms in total.